The van der Waals surface area contributed by atoms with E-state index in [0.29, 0.717) is 39.0 Å². The molecule has 0 aromatic heterocycles. The third kappa shape index (κ3) is 8.09. The summed E-state index contributed by atoms with van der Waals surface area (Å²) < 4.78 is 18.1. The van der Waals surface area contributed by atoms with Gasteiger partial charge in [0.25, 0.3) is 0 Å². The lowest BCUT2D eigenvalue weighted by atomic mass is 10.1. The summed E-state index contributed by atoms with van der Waals surface area (Å²) in [5, 5.41) is 2.58. The van der Waals surface area contributed by atoms with E-state index in [9.17, 15) is 18.8 Å². The Morgan fingerprint density at radius 2 is 1.48 bits per heavy atom. The van der Waals surface area contributed by atoms with Gasteiger partial charge in [0.2, 0.25) is 11.8 Å². The molecule has 0 aliphatic carbocycles. The Hall–Kier alpha value is -2.64. The van der Waals surface area contributed by atoms with E-state index in [0.717, 1.165) is 5.56 Å². The number of rotatable bonds is 6. The fourth-order valence-electron chi connectivity index (χ4n) is 3.01. The van der Waals surface area contributed by atoms with Gasteiger partial charge in [-0.25, -0.2) is 9.18 Å². The van der Waals surface area contributed by atoms with Crippen molar-refractivity contribution in [3.8, 4) is 0 Å². The standard InChI is InChI=1S/C21H30FN3O4/c1-21(2,3)29-20(28)23-11-10-19(27)25-14-12-24(13-15-25)18(26)9-6-16-4-7-17(22)8-5-16/h4-5,7-8H,6,9-15H2,1-3H3,(H,23,28). The number of carbonyl (C=O) groups is 3. The zero-order valence-corrected chi connectivity index (χ0v) is 17.4. The van der Waals surface area contributed by atoms with E-state index in [4.69, 9.17) is 4.74 Å². The summed E-state index contributed by atoms with van der Waals surface area (Å²) in [4.78, 5) is 39.7. The largest absolute Gasteiger partial charge is 0.444 e. The Morgan fingerprint density at radius 1 is 0.966 bits per heavy atom. The average molecular weight is 407 g/mol. The molecule has 0 radical (unpaired) electrons. The summed E-state index contributed by atoms with van der Waals surface area (Å²) in [7, 11) is 0. The van der Waals surface area contributed by atoms with Crippen molar-refractivity contribution >= 4 is 17.9 Å². The predicted octanol–water partition coefficient (Wildman–Crippen LogP) is 2.34. The van der Waals surface area contributed by atoms with Crippen LogP contribution in [0.15, 0.2) is 24.3 Å². The summed E-state index contributed by atoms with van der Waals surface area (Å²) in [5.74, 6) is -0.311. The highest BCUT2D eigenvalue weighted by Crippen LogP contribution is 2.10. The smallest absolute Gasteiger partial charge is 0.407 e. The number of alkyl carbamates (subject to hydrolysis) is 1. The van der Waals surface area contributed by atoms with Gasteiger partial charge in [0.05, 0.1) is 0 Å². The Morgan fingerprint density at radius 3 is 2.00 bits per heavy atom. The highest BCUT2D eigenvalue weighted by molar-refractivity contribution is 5.79. The maximum atomic E-state index is 12.9. The van der Waals surface area contributed by atoms with Crippen LogP contribution < -0.4 is 5.32 Å². The SMILES string of the molecule is CC(C)(C)OC(=O)NCCC(=O)N1CCN(C(=O)CCc2ccc(F)cc2)CC1. The van der Waals surface area contributed by atoms with E-state index in [-0.39, 0.29) is 30.6 Å². The van der Waals surface area contributed by atoms with Gasteiger partial charge in [-0.15, -0.1) is 0 Å². The minimum absolute atomic E-state index is 0.0352. The number of hydrogen-bond acceptors (Lipinski definition) is 4. The molecule has 29 heavy (non-hydrogen) atoms. The first kappa shape index (κ1) is 22.6. The number of carbonyl (C=O) groups excluding carboxylic acids is 3. The van der Waals surface area contributed by atoms with E-state index in [1.54, 1.807) is 42.7 Å². The van der Waals surface area contributed by atoms with Crippen LogP contribution in [-0.4, -0.2) is 66.0 Å². The second kappa shape index (κ2) is 10.2. The molecule has 1 heterocycles. The monoisotopic (exact) mass is 407 g/mol. The fourth-order valence-corrected chi connectivity index (χ4v) is 3.01. The summed E-state index contributed by atoms with van der Waals surface area (Å²) in [6.45, 7) is 7.49. The van der Waals surface area contributed by atoms with Crippen LogP contribution >= 0.6 is 0 Å². The number of amides is 3. The predicted molar refractivity (Wildman–Crippen MR) is 107 cm³/mol. The summed E-state index contributed by atoms with van der Waals surface area (Å²) in [6.07, 6.45) is 0.577. The highest BCUT2D eigenvalue weighted by atomic mass is 19.1. The van der Waals surface area contributed by atoms with Crippen molar-refractivity contribution in [2.45, 2.75) is 45.6 Å². The Kier molecular flexibility index (Phi) is 7.99. The second-order valence-corrected chi connectivity index (χ2v) is 8.07. The van der Waals surface area contributed by atoms with E-state index >= 15 is 0 Å². The molecule has 1 aliphatic rings. The lowest BCUT2D eigenvalue weighted by Gasteiger charge is -2.35. The van der Waals surface area contributed by atoms with Gasteiger partial charge < -0.3 is 19.9 Å². The van der Waals surface area contributed by atoms with Gasteiger partial charge in [-0.2, -0.15) is 0 Å². The molecule has 7 nitrogen and oxygen atoms in total. The Balaban J connectivity index is 1.65. The number of ether oxygens (including phenoxy) is 1. The topological polar surface area (TPSA) is 79.0 Å². The van der Waals surface area contributed by atoms with Crippen LogP contribution in [-0.2, 0) is 20.7 Å². The molecule has 1 N–H and O–H groups in total. The first-order valence-electron chi connectivity index (χ1n) is 9.91. The van der Waals surface area contributed by atoms with Crippen molar-refractivity contribution in [2.75, 3.05) is 32.7 Å². The Bertz CT molecular complexity index is 708. The highest BCUT2D eigenvalue weighted by Gasteiger charge is 2.24. The van der Waals surface area contributed by atoms with Crippen molar-refractivity contribution in [3.63, 3.8) is 0 Å². The molecule has 1 saturated heterocycles. The molecule has 1 aromatic carbocycles. The van der Waals surface area contributed by atoms with Gasteiger partial charge in [0.1, 0.15) is 11.4 Å². The number of hydrogen-bond donors (Lipinski definition) is 1. The third-order valence-corrected chi connectivity index (χ3v) is 4.53. The van der Waals surface area contributed by atoms with E-state index < -0.39 is 11.7 Å². The van der Waals surface area contributed by atoms with Crippen molar-refractivity contribution in [3.05, 3.63) is 35.6 Å². The van der Waals surface area contributed by atoms with Crippen molar-refractivity contribution in [2.24, 2.45) is 0 Å². The van der Waals surface area contributed by atoms with Crippen LogP contribution in [0.2, 0.25) is 0 Å². The maximum absolute atomic E-state index is 12.9. The first-order chi connectivity index (χ1) is 13.6. The number of aryl methyl sites for hydroxylation is 1. The number of nitrogens with zero attached hydrogens (tertiary/aromatic N) is 2. The molecule has 2 rings (SSSR count). The minimum atomic E-state index is -0.576. The zero-order valence-electron chi connectivity index (χ0n) is 17.4. The molecule has 1 fully saturated rings. The van der Waals surface area contributed by atoms with Crippen LogP contribution in [0.1, 0.15) is 39.2 Å². The summed E-state index contributed by atoms with van der Waals surface area (Å²) >= 11 is 0. The van der Waals surface area contributed by atoms with Gasteiger partial charge in [0, 0.05) is 45.6 Å². The van der Waals surface area contributed by atoms with Crippen LogP contribution in [0.25, 0.3) is 0 Å². The number of nitrogens with one attached hydrogen (secondary N) is 1. The van der Waals surface area contributed by atoms with Crippen LogP contribution in [0.4, 0.5) is 9.18 Å². The first-order valence-corrected chi connectivity index (χ1v) is 9.91. The molecule has 1 aliphatic heterocycles. The maximum Gasteiger partial charge on any atom is 0.407 e. The molecule has 0 saturated carbocycles. The van der Waals surface area contributed by atoms with Crippen molar-refractivity contribution in [1.29, 1.82) is 0 Å². The van der Waals surface area contributed by atoms with E-state index in [1.807, 2.05) is 0 Å². The number of halogens is 1. The molecule has 0 atom stereocenters. The third-order valence-electron chi connectivity index (χ3n) is 4.53. The Labute approximate surface area is 171 Å². The molecule has 3 amide bonds. The van der Waals surface area contributed by atoms with Crippen molar-refractivity contribution in [1.82, 2.24) is 15.1 Å². The second-order valence-electron chi connectivity index (χ2n) is 8.07. The molecule has 8 heteroatoms. The lowest BCUT2D eigenvalue weighted by Crippen LogP contribution is -2.51. The molecule has 0 spiro atoms. The lowest BCUT2D eigenvalue weighted by molar-refractivity contribution is -0.139. The zero-order chi connectivity index (χ0) is 21.4. The van der Waals surface area contributed by atoms with E-state index in [1.165, 1.54) is 12.1 Å². The van der Waals surface area contributed by atoms with Crippen LogP contribution in [0.3, 0.4) is 0 Å². The van der Waals surface area contributed by atoms with Gasteiger partial charge in [0.15, 0.2) is 0 Å². The van der Waals surface area contributed by atoms with Crippen LogP contribution in [0.5, 0.6) is 0 Å². The molecular weight excluding hydrogens is 377 g/mol. The molecule has 160 valence electrons. The molecule has 0 unspecified atom stereocenters. The normalized spacial score (nSPS) is 14.5. The average Bonchev–Trinajstić information content (AvgIpc) is 2.66. The molecular formula is C21H30FN3O4. The van der Waals surface area contributed by atoms with Gasteiger partial charge >= 0.3 is 6.09 Å². The minimum Gasteiger partial charge on any atom is -0.444 e. The molecule has 1 aromatic rings. The van der Waals surface area contributed by atoms with Crippen molar-refractivity contribution < 1.29 is 23.5 Å². The number of piperazine rings is 1. The van der Waals surface area contributed by atoms with Crippen LogP contribution in [0, 0.1) is 5.82 Å². The van der Waals surface area contributed by atoms with Gasteiger partial charge in [-0.05, 0) is 44.9 Å². The van der Waals surface area contributed by atoms with Gasteiger partial charge in [-0.3, -0.25) is 9.59 Å². The van der Waals surface area contributed by atoms with Gasteiger partial charge in [-0.1, -0.05) is 12.1 Å². The molecule has 0 bridgehead atoms. The fraction of sp³-hybridized carbons (Fsp3) is 0.571. The summed E-state index contributed by atoms with van der Waals surface area (Å²) in [5.41, 5.74) is 0.347. The number of benzene rings is 1. The van der Waals surface area contributed by atoms with E-state index in [2.05, 4.69) is 5.32 Å². The summed E-state index contributed by atoms with van der Waals surface area (Å²) in [6, 6.07) is 6.15. The quantitative estimate of drug-likeness (QED) is 0.785.